The van der Waals surface area contributed by atoms with Crippen molar-refractivity contribution in [3.8, 4) is 0 Å². The maximum Gasteiger partial charge on any atom is 0.255 e. The summed E-state index contributed by atoms with van der Waals surface area (Å²) in [4.78, 5) is 15.5. The second-order valence-electron chi connectivity index (χ2n) is 4.44. The maximum atomic E-state index is 12.3. The SMILES string of the molecule is Cc1scc(C(=O)N2CCN[C@H](C)C2)c1C.Cl. The van der Waals surface area contributed by atoms with Crippen LogP contribution in [0.1, 0.15) is 27.7 Å². The fourth-order valence-corrected chi connectivity index (χ4v) is 2.87. The van der Waals surface area contributed by atoms with Crippen molar-refractivity contribution in [2.45, 2.75) is 26.8 Å². The molecule has 1 aromatic heterocycles. The van der Waals surface area contributed by atoms with E-state index in [9.17, 15) is 4.79 Å². The van der Waals surface area contributed by atoms with Gasteiger partial charge in [-0.05, 0) is 26.3 Å². The lowest BCUT2D eigenvalue weighted by molar-refractivity contribution is 0.0709. The van der Waals surface area contributed by atoms with Crippen LogP contribution in [-0.4, -0.2) is 36.5 Å². The van der Waals surface area contributed by atoms with Crippen LogP contribution in [0, 0.1) is 13.8 Å². The van der Waals surface area contributed by atoms with E-state index >= 15 is 0 Å². The normalized spacial score (nSPS) is 19.9. The average molecular weight is 275 g/mol. The Hall–Kier alpha value is -0.580. The lowest BCUT2D eigenvalue weighted by Crippen LogP contribution is -2.51. The van der Waals surface area contributed by atoms with Crippen LogP contribution in [-0.2, 0) is 0 Å². The Labute approximate surface area is 113 Å². The van der Waals surface area contributed by atoms with Gasteiger partial charge in [0.2, 0.25) is 0 Å². The molecule has 1 saturated heterocycles. The van der Waals surface area contributed by atoms with Crippen LogP contribution in [0.25, 0.3) is 0 Å². The Kier molecular flexibility index (Phi) is 4.98. The summed E-state index contributed by atoms with van der Waals surface area (Å²) in [6.07, 6.45) is 0. The van der Waals surface area contributed by atoms with Crippen LogP contribution in [0.5, 0.6) is 0 Å². The fourth-order valence-electron chi connectivity index (χ4n) is 2.01. The van der Waals surface area contributed by atoms with Crippen LogP contribution in [0.2, 0.25) is 0 Å². The third kappa shape index (κ3) is 3.00. The summed E-state index contributed by atoms with van der Waals surface area (Å²) in [5.41, 5.74) is 2.03. The van der Waals surface area contributed by atoms with Crippen molar-refractivity contribution >= 4 is 29.7 Å². The minimum atomic E-state index is 0. The summed E-state index contributed by atoms with van der Waals surface area (Å²) in [5, 5.41) is 5.33. The zero-order chi connectivity index (χ0) is 11.7. The van der Waals surface area contributed by atoms with E-state index in [1.54, 1.807) is 11.3 Å². The first-order valence-corrected chi connectivity index (χ1v) is 6.55. The number of piperazine rings is 1. The molecule has 0 aromatic carbocycles. The molecule has 1 aromatic rings. The number of aryl methyl sites for hydroxylation is 1. The average Bonchev–Trinajstić information content (AvgIpc) is 2.59. The predicted molar refractivity (Wildman–Crippen MR) is 74.4 cm³/mol. The second kappa shape index (κ2) is 5.85. The van der Waals surface area contributed by atoms with Gasteiger partial charge in [-0.2, -0.15) is 0 Å². The summed E-state index contributed by atoms with van der Waals surface area (Å²) < 4.78 is 0. The molecule has 2 heterocycles. The minimum Gasteiger partial charge on any atom is -0.336 e. The maximum absolute atomic E-state index is 12.3. The van der Waals surface area contributed by atoms with Gasteiger partial charge in [-0.25, -0.2) is 0 Å². The highest BCUT2D eigenvalue weighted by atomic mass is 35.5. The first-order valence-electron chi connectivity index (χ1n) is 5.67. The van der Waals surface area contributed by atoms with Gasteiger partial charge in [-0.15, -0.1) is 23.7 Å². The number of amides is 1. The van der Waals surface area contributed by atoms with Gasteiger partial charge in [-0.1, -0.05) is 0 Å². The van der Waals surface area contributed by atoms with E-state index in [4.69, 9.17) is 0 Å². The van der Waals surface area contributed by atoms with E-state index in [-0.39, 0.29) is 18.3 Å². The summed E-state index contributed by atoms with van der Waals surface area (Å²) in [7, 11) is 0. The van der Waals surface area contributed by atoms with Gasteiger partial charge in [0.1, 0.15) is 0 Å². The molecule has 0 saturated carbocycles. The number of rotatable bonds is 1. The number of hydrogen-bond acceptors (Lipinski definition) is 3. The molecule has 0 unspecified atom stereocenters. The largest absolute Gasteiger partial charge is 0.336 e. The first-order chi connectivity index (χ1) is 7.59. The molecule has 0 radical (unpaired) electrons. The topological polar surface area (TPSA) is 32.3 Å². The molecule has 1 fully saturated rings. The van der Waals surface area contributed by atoms with Gasteiger partial charge in [0.15, 0.2) is 0 Å². The monoisotopic (exact) mass is 274 g/mol. The fraction of sp³-hybridized carbons (Fsp3) is 0.583. The molecule has 1 aliphatic rings. The Morgan fingerprint density at radius 2 is 2.24 bits per heavy atom. The molecular formula is C12H19ClN2OS. The van der Waals surface area contributed by atoms with E-state index in [0.29, 0.717) is 6.04 Å². The molecule has 0 spiro atoms. The molecule has 1 atom stereocenters. The number of nitrogens with zero attached hydrogens (tertiary/aromatic N) is 1. The molecule has 1 amide bonds. The van der Waals surface area contributed by atoms with E-state index in [1.807, 2.05) is 17.2 Å². The van der Waals surface area contributed by atoms with E-state index in [0.717, 1.165) is 30.8 Å². The van der Waals surface area contributed by atoms with Crippen molar-refractivity contribution < 1.29 is 4.79 Å². The highest BCUT2D eigenvalue weighted by Gasteiger charge is 2.23. The quantitative estimate of drug-likeness (QED) is 0.852. The molecular weight excluding hydrogens is 256 g/mol. The highest BCUT2D eigenvalue weighted by Crippen LogP contribution is 2.22. The number of carbonyl (C=O) groups excluding carboxylic acids is 1. The van der Waals surface area contributed by atoms with Crippen molar-refractivity contribution in [3.63, 3.8) is 0 Å². The van der Waals surface area contributed by atoms with Crippen molar-refractivity contribution in [1.29, 1.82) is 0 Å². The number of carbonyl (C=O) groups is 1. The molecule has 96 valence electrons. The van der Waals surface area contributed by atoms with Gasteiger partial charge >= 0.3 is 0 Å². The van der Waals surface area contributed by atoms with Gasteiger partial charge in [0, 0.05) is 35.9 Å². The molecule has 1 N–H and O–H groups in total. The number of halogens is 1. The van der Waals surface area contributed by atoms with E-state index in [1.165, 1.54) is 4.88 Å². The number of nitrogens with one attached hydrogen (secondary N) is 1. The van der Waals surface area contributed by atoms with Crippen LogP contribution >= 0.6 is 23.7 Å². The van der Waals surface area contributed by atoms with E-state index in [2.05, 4.69) is 19.2 Å². The van der Waals surface area contributed by atoms with Crippen LogP contribution in [0.15, 0.2) is 5.38 Å². The van der Waals surface area contributed by atoms with Gasteiger partial charge in [-0.3, -0.25) is 4.79 Å². The van der Waals surface area contributed by atoms with E-state index < -0.39 is 0 Å². The lowest BCUT2D eigenvalue weighted by atomic mass is 10.1. The van der Waals surface area contributed by atoms with Gasteiger partial charge < -0.3 is 10.2 Å². The lowest BCUT2D eigenvalue weighted by Gasteiger charge is -2.31. The molecule has 5 heteroatoms. The zero-order valence-corrected chi connectivity index (χ0v) is 12.1. The second-order valence-corrected chi connectivity index (χ2v) is 5.52. The predicted octanol–water partition coefficient (Wildman–Crippen LogP) is 2.22. The molecule has 17 heavy (non-hydrogen) atoms. The zero-order valence-electron chi connectivity index (χ0n) is 10.4. The molecule has 1 aliphatic heterocycles. The Morgan fingerprint density at radius 1 is 1.53 bits per heavy atom. The minimum absolute atomic E-state index is 0. The Morgan fingerprint density at radius 3 is 2.76 bits per heavy atom. The van der Waals surface area contributed by atoms with Crippen LogP contribution in [0.4, 0.5) is 0 Å². The van der Waals surface area contributed by atoms with Crippen LogP contribution in [0.3, 0.4) is 0 Å². The van der Waals surface area contributed by atoms with Crippen LogP contribution < -0.4 is 5.32 Å². The molecule has 3 nitrogen and oxygen atoms in total. The Balaban J connectivity index is 0.00000144. The number of hydrogen-bond donors (Lipinski definition) is 1. The standard InChI is InChI=1S/C12H18N2OS.ClH/c1-8-6-14(5-4-13-8)12(15)11-7-16-10(3)9(11)2;/h7-8,13H,4-6H2,1-3H3;1H/t8-;/m1./s1. The third-order valence-corrected chi connectivity index (χ3v) is 4.19. The van der Waals surface area contributed by atoms with Crippen molar-refractivity contribution in [1.82, 2.24) is 10.2 Å². The summed E-state index contributed by atoms with van der Waals surface area (Å²) >= 11 is 1.66. The van der Waals surface area contributed by atoms with Gasteiger partial charge in [0.25, 0.3) is 5.91 Å². The molecule has 0 bridgehead atoms. The summed E-state index contributed by atoms with van der Waals surface area (Å²) in [6.45, 7) is 8.74. The third-order valence-electron chi connectivity index (χ3n) is 3.17. The smallest absolute Gasteiger partial charge is 0.255 e. The Bertz CT molecular complexity index is 405. The molecule has 2 rings (SSSR count). The first kappa shape index (κ1) is 14.5. The van der Waals surface area contributed by atoms with Gasteiger partial charge in [0.05, 0.1) is 5.56 Å². The van der Waals surface area contributed by atoms with Crippen molar-refractivity contribution in [3.05, 3.63) is 21.4 Å². The summed E-state index contributed by atoms with van der Waals surface area (Å²) in [5.74, 6) is 0.190. The number of thiophene rings is 1. The summed E-state index contributed by atoms with van der Waals surface area (Å²) in [6, 6.07) is 0.401. The van der Waals surface area contributed by atoms with Crippen molar-refractivity contribution in [2.24, 2.45) is 0 Å². The highest BCUT2D eigenvalue weighted by molar-refractivity contribution is 7.10. The molecule has 0 aliphatic carbocycles. The van der Waals surface area contributed by atoms with Crippen molar-refractivity contribution in [2.75, 3.05) is 19.6 Å².